The highest BCUT2D eigenvalue weighted by molar-refractivity contribution is 8.03. The zero-order chi connectivity index (χ0) is 24.9. The Hall–Kier alpha value is -1.95. The number of carboxylic acids is 1. The molecule has 7 atom stereocenters. The van der Waals surface area contributed by atoms with E-state index in [0.29, 0.717) is 17.9 Å². The van der Waals surface area contributed by atoms with E-state index < -0.39 is 29.0 Å². The number of carbonyl (C=O) groups excluding carboxylic acids is 2. The number of aliphatic carboxylic acids is 1. The highest BCUT2D eigenvalue weighted by Gasteiger charge is 2.60. The maximum Gasteiger partial charge on any atom is 0.353 e. The molecule has 4 heterocycles. The number of thioether (sulfide) groups is 1. The molecule has 34 heavy (non-hydrogen) atoms. The van der Waals surface area contributed by atoms with Crippen molar-refractivity contribution in [2.45, 2.75) is 61.7 Å². The maximum absolute atomic E-state index is 12.5. The van der Waals surface area contributed by atoms with Crippen LogP contribution in [0, 0.1) is 11.8 Å². The van der Waals surface area contributed by atoms with Crippen LogP contribution in [0.5, 0.6) is 0 Å². The molecule has 0 aliphatic carbocycles. The first-order valence-electron chi connectivity index (χ1n) is 11.5. The highest BCUT2D eigenvalue weighted by atomic mass is 35.5. The first-order chi connectivity index (χ1) is 16.0. The van der Waals surface area contributed by atoms with E-state index in [1.54, 1.807) is 18.0 Å². The van der Waals surface area contributed by atoms with Gasteiger partial charge in [-0.25, -0.2) is 4.79 Å². The van der Waals surface area contributed by atoms with Crippen molar-refractivity contribution >= 4 is 41.1 Å². The normalized spacial score (nSPS) is 35.7. The number of nitrogens with one attached hydrogen (secondary N) is 1. The summed E-state index contributed by atoms with van der Waals surface area (Å²) in [5, 5.41) is 22.7. The van der Waals surface area contributed by atoms with Crippen molar-refractivity contribution in [3.05, 3.63) is 23.0 Å². The van der Waals surface area contributed by atoms with Crippen molar-refractivity contribution in [2.75, 3.05) is 20.1 Å². The predicted molar refractivity (Wildman–Crippen MR) is 128 cm³/mol. The molecule has 2 fully saturated rings. The number of halogens is 1. The van der Waals surface area contributed by atoms with Gasteiger partial charge < -0.3 is 36.0 Å². The maximum atomic E-state index is 12.5. The fraction of sp³-hybridized carbons (Fsp3) is 0.682. The molecule has 10 nitrogen and oxygen atoms in total. The third-order valence-electron chi connectivity index (χ3n) is 7.37. The molecule has 4 rings (SSSR count). The number of fused-ring (bicyclic) bond motifs is 1. The average molecular weight is 514 g/mol. The third-order valence-corrected chi connectivity index (χ3v) is 9.56. The molecule has 0 aromatic rings. The zero-order valence-electron chi connectivity index (χ0n) is 19.5. The van der Waals surface area contributed by atoms with Crippen molar-refractivity contribution in [3.8, 4) is 0 Å². The minimum absolute atomic E-state index is 0.0365. The van der Waals surface area contributed by atoms with E-state index in [4.69, 9.17) is 17.3 Å². The first kappa shape index (κ1) is 25.2. The molecule has 12 heteroatoms. The largest absolute Gasteiger partial charge is 0.477 e. The van der Waals surface area contributed by atoms with Crippen LogP contribution in [0.4, 0.5) is 0 Å². The summed E-state index contributed by atoms with van der Waals surface area (Å²) < 4.78 is 0. The lowest BCUT2D eigenvalue weighted by atomic mass is 9.79. The number of hydrogen-bond donors (Lipinski definition) is 4. The fourth-order valence-electron chi connectivity index (χ4n) is 5.58. The van der Waals surface area contributed by atoms with Gasteiger partial charge in [0.15, 0.2) is 5.12 Å². The van der Waals surface area contributed by atoms with Gasteiger partial charge >= 0.3 is 5.97 Å². The number of nitrogens with zero attached hydrogens (tertiary/aromatic N) is 3. The van der Waals surface area contributed by atoms with Crippen LogP contribution in [0.2, 0.25) is 0 Å². The highest BCUT2D eigenvalue weighted by Crippen LogP contribution is 2.52. The second-order valence-electron chi connectivity index (χ2n) is 9.61. The summed E-state index contributed by atoms with van der Waals surface area (Å²) in [6.07, 6.45) is 4.97. The van der Waals surface area contributed by atoms with Crippen molar-refractivity contribution < 1.29 is 24.6 Å². The minimum atomic E-state index is -1.10. The molecule has 4 aliphatic rings. The Kier molecular flexibility index (Phi) is 6.84. The van der Waals surface area contributed by atoms with Crippen LogP contribution < -0.4 is 11.1 Å². The monoisotopic (exact) mass is 513 g/mol. The Morgan fingerprint density at radius 1 is 1.41 bits per heavy atom. The van der Waals surface area contributed by atoms with Crippen molar-refractivity contribution in [2.24, 2.45) is 17.6 Å². The number of alkyl halides is 1. The summed E-state index contributed by atoms with van der Waals surface area (Å²) in [6.45, 7) is 4.26. The van der Waals surface area contributed by atoms with Crippen LogP contribution in [0.3, 0.4) is 0 Å². The lowest BCUT2D eigenvalue weighted by molar-refractivity contribution is -0.163. The zero-order valence-corrected chi connectivity index (χ0v) is 21.1. The molecule has 5 N–H and O–H groups in total. The lowest BCUT2D eigenvalue weighted by Gasteiger charge is -2.46. The number of carboxylic acid groups (broad SMARTS) is 1. The van der Waals surface area contributed by atoms with Gasteiger partial charge in [0.1, 0.15) is 5.70 Å². The quantitative estimate of drug-likeness (QED) is 0.197. The van der Waals surface area contributed by atoms with E-state index in [-0.39, 0.29) is 41.4 Å². The number of carbonyl (C=O) groups is 3. The molecule has 0 bridgehead atoms. The van der Waals surface area contributed by atoms with Gasteiger partial charge in [0.25, 0.3) is 0 Å². The van der Waals surface area contributed by atoms with Crippen LogP contribution >= 0.6 is 23.4 Å². The number of hydrogen-bond acceptors (Lipinski definition) is 8. The molecule has 0 aromatic heterocycles. The topological polar surface area (TPSA) is 139 Å². The Balaban J connectivity index is 1.38. The second-order valence-corrected chi connectivity index (χ2v) is 11.6. The molecular formula is C22H32ClN5O5S. The summed E-state index contributed by atoms with van der Waals surface area (Å²) >= 11 is 8.39. The van der Waals surface area contributed by atoms with E-state index in [9.17, 15) is 24.6 Å². The van der Waals surface area contributed by atoms with Crippen LogP contribution in [-0.4, -0.2) is 91.4 Å². The number of nitrogens with two attached hydrogens (primary N) is 1. The molecule has 0 radical (unpaired) electrons. The molecule has 2 amide bonds. The second kappa shape index (κ2) is 9.25. The summed E-state index contributed by atoms with van der Waals surface area (Å²) in [5.74, 6) is -2.57. The van der Waals surface area contributed by atoms with E-state index in [1.165, 1.54) is 16.7 Å². The van der Waals surface area contributed by atoms with Crippen LogP contribution in [0.25, 0.3) is 0 Å². The Bertz CT molecular complexity index is 945. The lowest BCUT2D eigenvalue weighted by Crippen LogP contribution is -2.63. The van der Waals surface area contributed by atoms with Crippen molar-refractivity contribution in [3.63, 3.8) is 0 Å². The van der Waals surface area contributed by atoms with Gasteiger partial charge in [-0.05, 0) is 19.8 Å². The van der Waals surface area contributed by atoms with E-state index in [1.807, 2.05) is 25.1 Å². The van der Waals surface area contributed by atoms with Gasteiger partial charge in [-0.2, -0.15) is 0 Å². The van der Waals surface area contributed by atoms with Crippen LogP contribution in [0.15, 0.2) is 23.0 Å². The van der Waals surface area contributed by atoms with E-state index in [0.717, 1.165) is 12.8 Å². The summed E-state index contributed by atoms with van der Waals surface area (Å²) in [7, 11) is 1.86. The average Bonchev–Trinajstić information content (AvgIpc) is 3.37. The van der Waals surface area contributed by atoms with E-state index in [2.05, 4.69) is 5.32 Å². The first-order valence-corrected chi connectivity index (χ1v) is 12.7. The number of rotatable bonds is 9. The number of amides is 2. The number of aliphatic hydroxyl groups excluding tert-OH is 1. The fourth-order valence-corrected chi connectivity index (χ4v) is 7.38. The van der Waals surface area contributed by atoms with Gasteiger partial charge in [-0.3, -0.25) is 9.59 Å². The molecule has 4 aliphatic heterocycles. The summed E-state index contributed by atoms with van der Waals surface area (Å²) in [5.41, 5.74) is 5.43. The van der Waals surface area contributed by atoms with Gasteiger partial charge in [0, 0.05) is 54.5 Å². The number of β-lactam (4-membered cyclic amide) rings is 1. The van der Waals surface area contributed by atoms with Crippen molar-refractivity contribution in [1.29, 1.82) is 0 Å². The predicted octanol–water partition coefficient (Wildman–Crippen LogP) is 0.481. The summed E-state index contributed by atoms with van der Waals surface area (Å²) in [4.78, 5) is 41.6. The minimum Gasteiger partial charge on any atom is -0.477 e. The Labute approximate surface area is 208 Å². The SMILES string of the molecule is C[C@@H](O)[C@H]1C(=O)N2C(C(=O)O)=C(S[C@@H]3CN[C@H](CCC4(Cl)N(C)C=CN4CC(N)=O)C3)[C@H](C)[C@H]12. The van der Waals surface area contributed by atoms with Gasteiger partial charge in [0.05, 0.1) is 24.6 Å². The molecule has 0 spiro atoms. The standard InChI is InChI=1S/C22H32ClN5O5S/c1-11-17-16(12(2)29)20(31)28(17)18(21(32)33)19(11)34-14-8-13(25-9-14)4-5-22(23)26(3)6-7-27(22)10-15(24)30/h6-7,11-14,16-17,25,29H,4-5,8-10H2,1-3H3,(H2,24,30)(H,32,33)/t11-,12-,13-,14+,16-,17-,22?/m1/s1. The molecule has 0 saturated carbocycles. The Morgan fingerprint density at radius 2 is 2.12 bits per heavy atom. The molecular weight excluding hydrogens is 482 g/mol. The number of primary amides is 1. The van der Waals surface area contributed by atoms with Gasteiger partial charge in [-0.15, -0.1) is 11.8 Å². The third kappa shape index (κ3) is 4.16. The van der Waals surface area contributed by atoms with Crippen molar-refractivity contribution in [1.82, 2.24) is 20.0 Å². The van der Waals surface area contributed by atoms with Crippen LogP contribution in [-0.2, 0) is 14.4 Å². The van der Waals surface area contributed by atoms with E-state index >= 15 is 0 Å². The van der Waals surface area contributed by atoms with Gasteiger partial charge in [0.2, 0.25) is 11.8 Å². The Morgan fingerprint density at radius 3 is 2.74 bits per heavy atom. The van der Waals surface area contributed by atoms with Crippen LogP contribution in [0.1, 0.15) is 33.1 Å². The molecule has 2 saturated heterocycles. The summed E-state index contributed by atoms with van der Waals surface area (Å²) in [6, 6.07) is -0.115. The molecule has 1 unspecified atom stereocenters. The molecule has 0 aromatic carbocycles. The van der Waals surface area contributed by atoms with Gasteiger partial charge in [-0.1, -0.05) is 18.5 Å². The molecule has 188 valence electrons. The smallest absolute Gasteiger partial charge is 0.353 e. The number of aliphatic hydroxyl groups is 1.